The molecule has 6 heteroatoms. The van der Waals surface area contributed by atoms with E-state index < -0.39 is 0 Å². The monoisotopic (exact) mass is 271 g/mol. The van der Waals surface area contributed by atoms with Gasteiger partial charge in [0.1, 0.15) is 12.1 Å². The lowest BCUT2D eigenvalue weighted by atomic mass is 10.2. The number of piperazine rings is 1. The Balaban J connectivity index is 1.67. The molecule has 2 aromatic rings. The maximum absolute atomic E-state index is 11.1. The summed E-state index contributed by atoms with van der Waals surface area (Å²) >= 11 is 0. The van der Waals surface area contributed by atoms with Gasteiger partial charge in [-0.25, -0.2) is 9.97 Å². The summed E-state index contributed by atoms with van der Waals surface area (Å²) in [6.45, 7) is 5.62. The molecule has 0 amide bonds. The molecule has 0 saturated carbocycles. The molecule has 1 fully saturated rings. The van der Waals surface area contributed by atoms with Crippen LogP contribution in [-0.2, 0) is 0 Å². The summed E-state index contributed by atoms with van der Waals surface area (Å²) in [5.41, 5.74) is 1.98. The van der Waals surface area contributed by atoms with E-state index in [1.54, 1.807) is 18.6 Å². The van der Waals surface area contributed by atoms with Gasteiger partial charge in [-0.05, 0) is 13.0 Å². The van der Waals surface area contributed by atoms with Crippen LogP contribution in [0.3, 0.4) is 0 Å². The number of nitrogens with one attached hydrogen (secondary N) is 1. The molecule has 0 radical (unpaired) electrons. The maximum Gasteiger partial charge on any atom is 0.248 e. The molecule has 0 aliphatic carbocycles. The molecule has 6 nitrogen and oxygen atoms in total. The Morgan fingerprint density at radius 2 is 1.85 bits per heavy atom. The van der Waals surface area contributed by atoms with Gasteiger partial charge in [-0.1, -0.05) is 0 Å². The first kappa shape index (κ1) is 12.7. The summed E-state index contributed by atoms with van der Waals surface area (Å²) in [6, 6.07) is 5.44. The first-order valence-electron chi connectivity index (χ1n) is 6.70. The molecule has 1 saturated heterocycles. The lowest BCUT2D eigenvalue weighted by Gasteiger charge is -2.36. The van der Waals surface area contributed by atoms with Gasteiger partial charge >= 0.3 is 0 Å². The van der Waals surface area contributed by atoms with E-state index in [0.29, 0.717) is 0 Å². The molecular formula is C14H17N5O. The molecule has 1 N–H and O–H groups in total. The minimum absolute atomic E-state index is 0.0659. The van der Waals surface area contributed by atoms with Crippen LogP contribution in [0.5, 0.6) is 0 Å². The van der Waals surface area contributed by atoms with Gasteiger partial charge in [-0.3, -0.25) is 4.79 Å². The molecule has 1 aliphatic rings. The number of nitrogens with zero attached hydrogens (tertiary/aromatic N) is 4. The highest BCUT2D eigenvalue weighted by Crippen LogP contribution is 2.17. The summed E-state index contributed by atoms with van der Waals surface area (Å²) < 4.78 is 0. The Kier molecular flexibility index (Phi) is 3.37. The van der Waals surface area contributed by atoms with Crippen LogP contribution >= 0.6 is 0 Å². The van der Waals surface area contributed by atoms with Crippen molar-refractivity contribution >= 4 is 11.5 Å². The summed E-state index contributed by atoms with van der Waals surface area (Å²) in [5.74, 6) is 0.985. The highest BCUT2D eigenvalue weighted by Gasteiger charge is 2.18. The van der Waals surface area contributed by atoms with Gasteiger partial charge < -0.3 is 14.8 Å². The van der Waals surface area contributed by atoms with Crippen molar-refractivity contribution < 1.29 is 0 Å². The number of aryl methyl sites for hydroxylation is 1. The van der Waals surface area contributed by atoms with Crippen molar-refractivity contribution in [2.75, 3.05) is 36.0 Å². The zero-order valence-electron chi connectivity index (χ0n) is 11.4. The number of hydrogen-bond donors (Lipinski definition) is 1. The van der Waals surface area contributed by atoms with E-state index in [1.165, 1.54) is 0 Å². The molecule has 3 heterocycles. The van der Waals surface area contributed by atoms with E-state index in [4.69, 9.17) is 0 Å². The molecule has 0 spiro atoms. The third-order valence-corrected chi connectivity index (χ3v) is 3.53. The van der Waals surface area contributed by atoms with Crippen molar-refractivity contribution in [3.63, 3.8) is 0 Å². The van der Waals surface area contributed by atoms with E-state index in [2.05, 4.69) is 24.8 Å². The van der Waals surface area contributed by atoms with Crippen molar-refractivity contribution in [2.45, 2.75) is 6.92 Å². The lowest BCUT2D eigenvalue weighted by molar-refractivity contribution is 0.645. The summed E-state index contributed by atoms with van der Waals surface area (Å²) in [7, 11) is 0. The molecule has 3 rings (SSSR count). The molecule has 0 aromatic carbocycles. The predicted molar refractivity (Wildman–Crippen MR) is 78.3 cm³/mol. The number of aromatic nitrogens is 3. The van der Waals surface area contributed by atoms with E-state index in [-0.39, 0.29) is 5.56 Å². The van der Waals surface area contributed by atoms with Crippen molar-refractivity contribution in [3.05, 3.63) is 46.8 Å². The highest BCUT2D eigenvalue weighted by molar-refractivity contribution is 5.47. The minimum atomic E-state index is -0.0659. The molecule has 104 valence electrons. The standard InChI is InChI=1S/C14H17N5O/c1-11-8-13(17-10-16-11)19-6-4-18(5-7-19)12-2-3-14(20)15-9-12/h2-3,8-10H,4-7H2,1H3,(H,15,20). The molecule has 0 unspecified atom stereocenters. The fraction of sp³-hybridized carbons (Fsp3) is 0.357. The second kappa shape index (κ2) is 5.32. The molecule has 20 heavy (non-hydrogen) atoms. The van der Waals surface area contributed by atoms with Gasteiger partial charge in [0, 0.05) is 50.2 Å². The van der Waals surface area contributed by atoms with Crippen LogP contribution in [0.4, 0.5) is 11.5 Å². The Morgan fingerprint density at radius 1 is 1.10 bits per heavy atom. The largest absolute Gasteiger partial charge is 0.367 e. The van der Waals surface area contributed by atoms with Crippen molar-refractivity contribution in [2.24, 2.45) is 0 Å². The Hall–Kier alpha value is -2.37. The van der Waals surface area contributed by atoms with Crippen molar-refractivity contribution in [1.82, 2.24) is 15.0 Å². The van der Waals surface area contributed by atoms with Crippen LogP contribution in [0.1, 0.15) is 5.69 Å². The molecule has 0 bridgehead atoms. The SMILES string of the molecule is Cc1cc(N2CCN(c3ccc(=O)[nH]c3)CC2)ncn1. The summed E-state index contributed by atoms with van der Waals surface area (Å²) in [5, 5.41) is 0. The van der Waals surface area contributed by atoms with Gasteiger partial charge in [0.05, 0.1) is 5.69 Å². The summed E-state index contributed by atoms with van der Waals surface area (Å²) in [4.78, 5) is 26.8. The number of pyridine rings is 1. The number of hydrogen-bond acceptors (Lipinski definition) is 5. The zero-order chi connectivity index (χ0) is 13.9. The highest BCUT2D eigenvalue weighted by atomic mass is 16.1. The van der Waals surface area contributed by atoms with Crippen LogP contribution in [-0.4, -0.2) is 41.1 Å². The Bertz CT molecular complexity index is 626. The van der Waals surface area contributed by atoms with E-state index in [1.807, 2.05) is 19.1 Å². The number of H-pyrrole nitrogens is 1. The van der Waals surface area contributed by atoms with Gasteiger partial charge in [-0.2, -0.15) is 0 Å². The van der Waals surface area contributed by atoms with Crippen LogP contribution in [0.2, 0.25) is 0 Å². The fourth-order valence-corrected chi connectivity index (χ4v) is 2.41. The number of anilines is 2. The van der Waals surface area contributed by atoms with E-state index in [0.717, 1.165) is 43.4 Å². The first-order valence-corrected chi connectivity index (χ1v) is 6.70. The third-order valence-electron chi connectivity index (χ3n) is 3.53. The van der Waals surface area contributed by atoms with Gasteiger partial charge in [0.15, 0.2) is 0 Å². The van der Waals surface area contributed by atoms with Gasteiger partial charge in [0.25, 0.3) is 0 Å². The van der Waals surface area contributed by atoms with E-state index in [9.17, 15) is 4.79 Å². The molecule has 0 atom stereocenters. The topological polar surface area (TPSA) is 65.1 Å². The van der Waals surface area contributed by atoms with Crippen molar-refractivity contribution in [1.29, 1.82) is 0 Å². The molecule has 2 aromatic heterocycles. The average molecular weight is 271 g/mol. The fourth-order valence-electron chi connectivity index (χ4n) is 2.41. The molecule has 1 aliphatic heterocycles. The lowest BCUT2D eigenvalue weighted by Crippen LogP contribution is -2.47. The number of rotatable bonds is 2. The number of aromatic amines is 1. The average Bonchev–Trinajstić information content (AvgIpc) is 2.48. The van der Waals surface area contributed by atoms with Crippen LogP contribution < -0.4 is 15.4 Å². The Morgan fingerprint density at radius 3 is 2.50 bits per heavy atom. The Labute approximate surface area is 117 Å². The first-order chi connectivity index (χ1) is 9.72. The van der Waals surface area contributed by atoms with Gasteiger partial charge in [-0.15, -0.1) is 0 Å². The van der Waals surface area contributed by atoms with Crippen LogP contribution in [0.15, 0.2) is 35.5 Å². The zero-order valence-corrected chi connectivity index (χ0v) is 11.4. The second-order valence-electron chi connectivity index (χ2n) is 4.90. The van der Waals surface area contributed by atoms with Crippen molar-refractivity contribution in [3.8, 4) is 0 Å². The van der Waals surface area contributed by atoms with Gasteiger partial charge in [0.2, 0.25) is 5.56 Å². The normalized spacial score (nSPS) is 15.4. The quantitative estimate of drug-likeness (QED) is 0.875. The second-order valence-corrected chi connectivity index (χ2v) is 4.90. The minimum Gasteiger partial charge on any atom is -0.367 e. The third kappa shape index (κ3) is 2.64. The van der Waals surface area contributed by atoms with Crippen LogP contribution in [0, 0.1) is 6.92 Å². The smallest absolute Gasteiger partial charge is 0.248 e. The van der Waals surface area contributed by atoms with Crippen LogP contribution in [0.25, 0.3) is 0 Å². The maximum atomic E-state index is 11.1. The predicted octanol–water partition coefficient (Wildman–Crippen LogP) is 0.800. The summed E-state index contributed by atoms with van der Waals surface area (Å²) in [6.07, 6.45) is 3.38. The molecular weight excluding hydrogens is 254 g/mol. The van der Waals surface area contributed by atoms with E-state index >= 15 is 0 Å².